The minimum atomic E-state index is 0.435. The second-order valence-corrected chi connectivity index (χ2v) is 4.32. The molecule has 2 rings (SSSR count). The number of hydrogen-bond donors (Lipinski definition) is 1. The molecule has 0 saturated heterocycles. The largest absolute Gasteiger partial charge is 0.338 e. The molecule has 0 amide bonds. The van der Waals surface area contributed by atoms with Gasteiger partial charge in [0.2, 0.25) is 0 Å². The van der Waals surface area contributed by atoms with Crippen molar-refractivity contribution < 1.29 is 0 Å². The van der Waals surface area contributed by atoms with Crippen LogP contribution >= 0.6 is 0 Å². The number of hydrogen-bond acceptors (Lipinski definition) is 3. The van der Waals surface area contributed by atoms with Crippen molar-refractivity contribution >= 4 is 0 Å². The van der Waals surface area contributed by atoms with Gasteiger partial charge >= 0.3 is 0 Å². The lowest BCUT2D eigenvalue weighted by Crippen LogP contribution is -2.32. The molecule has 0 fully saturated rings. The Bertz CT molecular complexity index is 431. The van der Waals surface area contributed by atoms with Gasteiger partial charge in [-0.3, -0.25) is 0 Å². The maximum absolute atomic E-state index is 4.30. The molecule has 0 saturated carbocycles. The first kappa shape index (κ1) is 11.9. The number of nitrogens with zero attached hydrogens (tertiary/aromatic N) is 4. The first-order valence-electron chi connectivity index (χ1n) is 5.91. The number of rotatable bonds is 6. The molecule has 0 spiro atoms. The van der Waals surface area contributed by atoms with Gasteiger partial charge < -0.3 is 14.5 Å². The molecule has 0 aromatic carbocycles. The molecule has 2 aromatic heterocycles. The van der Waals surface area contributed by atoms with Gasteiger partial charge in [-0.1, -0.05) is 0 Å². The molecule has 5 heteroatoms. The van der Waals surface area contributed by atoms with Crippen LogP contribution in [-0.4, -0.2) is 31.7 Å². The van der Waals surface area contributed by atoms with Gasteiger partial charge in [0, 0.05) is 57.4 Å². The van der Waals surface area contributed by atoms with Crippen LogP contribution < -0.4 is 5.32 Å². The Balaban J connectivity index is 1.70. The summed E-state index contributed by atoms with van der Waals surface area (Å²) in [6, 6.07) is 0.435. The Hall–Kier alpha value is -1.62. The van der Waals surface area contributed by atoms with E-state index in [0.29, 0.717) is 6.04 Å². The van der Waals surface area contributed by atoms with Gasteiger partial charge in [-0.2, -0.15) is 0 Å². The van der Waals surface area contributed by atoms with Crippen molar-refractivity contribution in [2.75, 3.05) is 6.54 Å². The molecule has 2 aromatic rings. The van der Waals surface area contributed by atoms with E-state index in [1.54, 1.807) is 6.20 Å². The quantitative estimate of drug-likeness (QED) is 0.804. The fourth-order valence-electron chi connectivity index (χ4n) is 1.84. The summed E-state index contributed by atoms with van der Waals surface area (Å²) in [6.07, 6.45) is 10.4. The van der Waals surface area contributed by atoms with Crippen molar-refractivity contribution in [2.45, 2.75) is 25.9 Å². The van der Waals surface area contributed by atoms with Crippen molar-refractivity contribution in [1.82, 2.24) is 24.4 Å². The molecule has 1 atom stereocenters. The lowest BCUT2D eigenvalue weighted by molar-refractivity contribution is 0.476. The predicted molar refractivity (Wildman–Crippen MR) is 66.6 cm³/mol. The van der Waals surface area contributed by atoms with Crippen molar-refractivity contribution in [2.24, 2.45) is 7.05 Å². The fourth-order valence-corrected chi connectivity index (χ4v) is 1.84. The third-order valence-electron chi connectivity index (χ3n) is 2.81. The van der Waals surface area contributed by atoms with Gasteiger partial charge in [0.05, 0.1) is 6.33 Å². The third-order valence-corrected chi connectivity index (χ3v) is 2.81. The zero-order valence-corrected chi connectivity index (χ0v) is 10.4. The van der Waals surface area contributed by atoms with Crippen LogP contribution in [0.3, 0.4) is 0 Å². The Morgan fingerprint density at radius 1 is 1.35 bits per heavy atom. The van der Waals surface area contributed by atoms with E-state index < -0.39 is 0 Å². The number of aryl methyl sites for hydroxylation is 1. The molecule has 0 bridgehead atoms. The molecule has 0 aliphatic heterocycles. The highest BCUT2D eigenvalue weighted by Gasteiger charge is 2.03. The Morgan fingerprint density at radius 3 is 2.88 bits per heavy atom. The van der Waals surface area contributed by atoms with E-state index in [4.69, 9.17) is 0 Å². The monoisotopic (exact) mass is 233 g/mol. The van der Waals surface area contributed by atoms with E-state index in [-0.39, 0.29) is 0 Å². The summed E-state index contributed by atoms with van der Waals surface area (Å²) in [4.78, 5) is 8.33. The SMILES string of the molecule is CC(Cn1ccnc1)NCCc1nccn1C. The maximum atomic E-state index is 4.30. The van der Waals surface area contributed by atoms with Crippen LogP contribution in [0, 0.1) is 0 Å². The average Bonchev–Trinajstić information content (AvgIpc) is 2.91. The van der Waals surface area contributed by atoms with Gasteiger partial charge in [-0.15, -0.1) is 0 Å². The van der Waals surface area contributed by atoms with Gasteiger partial charge in [-0.25, -0.2) is 9.97 Å². The van der Waals surface area contributed by atoms with Crippen LogP contribution in [0.1, 0.15) is 12.7 Å². The normalized spacial score (nSPS) is 12.8. The summed E-state index contributed by atoms with van der Waals surface area (Å²) < 4.78 is 4.14. The van der Waals surface area contributed by atoms with Crippen molar-refractivity contribution in [3.63, 3.8) is 0 Å². The van der Waals surface area contributed by atoms with Crippen LogP contribution in [0.25, 0.3) is 0 Å². The van der Waals surface area contributed by atoms with Crippen molar-refractivity contribution in [3.05, 3.63) is 36.9 Å². The summed E-state index contributed by atoms with van der Waals surface area (Å²) in [5.41, 5.74) is 0. The summed E-state index contributed by atoms with van der Waals surface area (Å²) in [6.45, 7) is 4.07. The number of nitrogens with one attached hydrogen (secondary N) is 1. The lowest BCUT2D eigenvalue weighted by Gasteiger charge is -2.14. The second-order valence-electron chi connectivity index (χ2n) is 4.32. The van der Waals surface area contributed by atoms with Crippen LogP contribution in [0.5, 0.6) is 0 Å². The Kier molecular flexibility index (Phi) is 3.93. The lowest BCUT2D eigenvalue weighted by atomic mass is 10.3. The van der Waals surface area contributed by atoms with E-state index in [1.165, 1.54) is 0 Å². The third kappa shape index (κ3) is 3.42. The molecule has 0 aliphatic carbocycles. The predicted octanol–water partition coefficient (Wildman–Crippen LogP) is 0.837. The summed E-state index contributed by atoms with van der Waals surface area (Å²) in [5.74, 6) is 1.12. The van der Waals surface area contributed by atoms with E-state index in [2.05, 4.69) is 31.3 Å². The molecule has 17 heavy (non-hydrogen) atoms. The van der Waals surface area contributed by atoms with E-state index in [0.717, 1.165) is 25.3 Å². The van der Waals surface area contributed by atoms with Crippen LogP contribution in [-0.2, 0) is 20.0 Å². The summed E-state index contributed by atoms with van der Waals surface area (Å²) in [7, 11) is 2.03. The van der Waals surface area contributed by atoms with Gasteiger partial charge in [0.15, 0.2) is 0 Å². The minimum Gasteiger partial charge on any atom is -0.338 e. The molecule has 1 unspecified atom stereocenters. The van der Waals surface area contributed by atoms with Gasteiger partial charge in [0.1, 0.15) is 5.82 Å². The molecular formula is C12H19N5. The highest BCUT2D eigenvalue weighted by Crippen LogP contribution is 1.96. The Morgan fingerprint density at radius 2 is 2.24 bits per heavy atom. The maximum Gasteiger partial charge on any atom is 0.109 e. The topological polar surface area (TPSA) is 47.7 Å². The second kappa shape index (κ2) is 5.63. The molecule has 1 N–H and O–H groups in total. The first-order valence-corrected chi connectivity index (χ1v) is 5.91. The standard InChI is InChI=1S/C12H19N5/c1-11(9-17-8-5-13-10-17)14-4-3-12-15-6-7-16(12)2/h5-8,10-11,14H,3-4,9H2,1-2H3. The highest BCUT2D eigenvalue weighted by molar-refractivity contribution is 4.91. The molecular weight excluding hydrogens is 214 g/mol. The van der Waals surface area contributed by atoms with Crippen LogP contribution in [0.4, 0.5) is 0 Å². The van der Waals surface area contributed by atoms with E-state index in [1.807, 2.05) is 32.0 Å². The minimum absolute atomic E-state index is 0.435. The Labute approximate surface area is 102 Å². The fraction of sp³-hybridized carbons (Fsp3) is 0.500. The first-order chi connectivity index (χ1) is 8.25. The van der Waals surface area contributed by atoms with Gasteiger partial charge in [-0.05, 0) is 6.92 Å². The summed E-state index contributed by atoms with van der Waals surface area (Å²) >= 11 is 0. The molecule has 5 nitrogen and oxygen atoms in total. The molecule has 92 valence electrons. The zero-order valence-electron chi connectivity index (χ0n) is 10.4. The zero-order chi connectivity index (χ0) is 12.1. The van der Waals surface area contributed by atoms with E-state index >= 15 is 0 Å². The average molecular weight is 233 g/mol. The number of imidazole rings is 2. The molecule has 0 aliphatic rings. The van der Waals surface area contributed by atoms with Gasteiger partial charge in [0.25, 0.3) is 0 Å². The smallest absolute Gasteiger partial charge is 0.109 e. The number of aromatic nitrogens is 4. The van der Waals surface area contributed by atoms with Crippen molar-refractivity contribution in [1.29, 1.82) is 0 Å². The highest BCUT2D eigenvalue weighted by atomic mass is 15.1. The van der Waals surface area contributed by atoms with Crippen LogP contribution in [0.2, 0.25) is 0 Å². The summed E-state index contributed by atoms with van der Waals surface area (Å²) in [5, 5.41) is 3.48. The van der Waals surface area contributed by atoms with Crippen molar-refractivity contribution in [3.8, 4) is 0 Å². The molecule has 0 radical (unpaired) electrons. The van der Waals surface area contributed by atoms with Crippen LogP contribution in [0.15, 0.2) is 31.1 Å². The van der Waals surface area contributed by atoms with E-state index in [9.17, 15) is 0 Å². The molecule has 2 heterocycles.